The Morgan fingerprint density at radius 2 is 1.92 bits per heavy atom. The second-order valence-corrected chi connectivity index (χ2v) is 3.47. The third kappa shape index (κ3) is 3.74. The minimum atomic E-state index is -0.113. The van der Waals surface area contributed by atoms with Crippen LogP contribution in [-0.2, 0) is 0 Å². The van der Waals surface area contributed by atoms with Gasteiger partial charge in [0.2, 0.25) is 0 Å². The fourth-order valence-electron chi connectivity index (χ4n) is 1.13. The zero-order valence-electron chi connectivity index (χ0n) is 8.09. The van der Waals surface area contributed by atoms with Gasteiger partial charge in [0.1, 0.15) is 0 Å². The summed E-state index contributed by atoms with van der Waals surface area (Å²) in [6.45, 7) is 7.77. The smallest absolute Gasteiger partial charge is 0.0439 e. The molecule has 0 rings (SSSR count). The summed E-state index contributed by atoms with van der Waals surface area (Å²) < 4.78 is 0. The van der Waals surface area contributed by atoms with E-state index in [4.69, 9.17) is 17.2 Å². The normalized spacial score (nSPS) is 18.3. The molecular weight excluding hydrogens is 150 g/mol. The summed E-state index contributed by atoms with van der Waals surface area (Å²) in [5.74, 6) is 0.408. The van der Waals surface area contributed by atoms with Crippen molar-refractivity contribution in [3.63, 3.8) is 0 Å². The molecule has 0 aromatic rings. The first kappa shape index (κ1) is 11.5. The predicted molar refractivity (Wildman–Crippen MR) is 53.4 cm³/mol. The van der Waals surface area contributed by atoms with E-state index in [0.717, 1.165) is 12.8 Å². The van der Waals surface area contributed by atoms with Gasteiger partial charge in [0.15, 0.2) is 0 Å². The van der Waals surface area contributed by atoms with E-state index in [2.05, 4.69) is 20.4 Å². The first-order valence-electron chi connectivity index (χ1n) is 4.44. The zero-order chi connectivity index (χ0) is 9.72. The minimum absolute atomic E-state index is 0.113. The Bertz CT molecular complexity index is 145. The van der Waals surface area contributed by atoms with Crippen molar-refractivity contribution >= 4 is 0 Å². The Kier molecular flexibility index (Phi) is 4.93. The van der Waals surface area contributed by atoms with Crippen molar-refractivity contribution in [2.75, 3.05) is 0 Å². The molecular formula is C9H21N3. The van der Waals surface area contributed by atoms with Gasteiger partial charge in [0.05, 0.1) is 0 Å². The van der Waals surface area contributed by atoms with Crippen molar-refractivity contribution in [2.45, 2.75) is 38.8 Å². The highest BCUT2D eigenvalue weighted by molar-refractivity contribution is 4.98. The van der Waals surface area contributed by atoms with Crippen LogP contribution in [0.5, 0.6) is 0 Å². The van der Waals surface area contributed by atoms with E-state index in [1.54, 1.807) is 0 Å². The molecule has 3 nitrogen and oxygen atoms in total. The molecule has 0 aliphatic heterocycles. The number of rotatable bonds is 5. The molecule has 0 fully saturated rings. The summed E-state index contributed by atoms with van der Waals surface area (Å²) in [4.78, 5) is 0. The third-order valence-corrected chi connectivity index (χ3v) is 2.30. The van der Waals surface area contributed by atoms with Gasteiger partial charge in [-0.15, -0.1) is 0 Å². The average Bonchev–Trinajstić information content (AvgIpc) is 2.02. The molecule has 0 aliphatic rings. The average molecular weight is 171 g/mol. The van der Waals surface area contributed by atoms with Gasteiger partial charge in [-0.05, 0) is 18.8 Å². The van der Waals surface area contributed by atoms with Crippen molar-refractivity contribution in [3.05, 3.63) is 12.3 Å². The Hall–Kier alpha value is -0.540. The van der Waals surface area contributed by atoms with Crippen LogP contribution in [0.3, 0.4) is 0 Å². The second-order valence-electron chi connectivity index (χ2n) is 3.47. The van der Waals surface area contributed by atoms with E-state index in [9.17, 15) is 0 Å². The number of hydrogen-bond donors (Lipinski definition) is 3. The Balaban J connectivity index is 3.83. The van der Waals surface area contributed by atoms with Crippen LogP contribution in [0, 0.1) is 5.92 Å². The van der Waals surface area contributed by atoms with Crippen LogP contribution in [-0.4, -0.2) is 12.1 Å². The van der Waals surface area contributed by atoms with Crippen LogP contribution in [0.25, 0.3) is 0 Å². The molecule has 6 N–H and O–H groups in total. The summed E-state index contributed by atoms with van der Waals surface area (Å²) in [7, 11) is 0. The highest BCUT2D eigenvalue weighted by Gasteiger charge is 2.15. The molecule has 0 amide bonds. The van der Waals surface area contributed by atoms with Crippen LogP contribution in [0.1, 0.15) is 26.7 Å². The van der Waals surface area contributed by atoms with Gasteiger partial charge >= 0.3 is 0 Å². The molecule has 3 atom stereocenters. The monoisotopic (exact) mass is 171 g/mol. The minimum Gasteiger partial charge on any atom is -0.401 e. The van der Waals surface area contributed by atoms with Crippen molar-refractivity contribution in [1.29, 1.82) is 0 Å². The van der Waals surface area contributed by atoms with Crippen molar-refractivity contribution in [1.82, 2.24) is 0 Å². The van der Waals surface area contributed by atoms with Gasteiger partial charge in [-0.1, -0.05) is 20.4 Å². The van der Waals surface area contributed by atoms with Crippen LogP contribution < -0.4 is 17.2 Å². The van der Waals surface area contributed by atoms with Crippen molar-refractivity contribution < 1.29 is 0 Å². The maximum Gasteiger partial charge on any atom is 0.0439 e. The molecule has 12 heavy (non-hydrogen) atoms. The maximum absolute atomic E-state index is 5.84. The first-order valence-corrected chi connectivity index (χ1v) is 4.44. The molecule has 3 unspecified atom stereocenters. The van der Waals surface area contributed by atoms with E-state index in [0.29, 0.717) is 11.6 Å². The van der Waals surface area contributed by atoms with Crippen LogP contribution in [0.15, 0.2) is 12.3 Å². The summed E-state index contributed by atoms with van der Waals surface area (Å²) in [5, 5.41) is 0. The standard InChI is InChI=1S/C9H21N3/c1-4-8(11)6(2)5-9(12)7(3)10/h6,8-9H,3-5,10-12H2,1-2H3. The third-order valence-electron chi connectivity index (χ3n) is 2.30. The van der Waals surface area contributed by atoms with E-state index < -0.39 is 0 Å². The Morgan fingerprint density at radius 3 is 2.25 bits per heavy atom. The highest BCUT2D eigenvalue weighted by atomic mass is 14.7. The molecule has 0 bridgehead atoms. The van der Waals surface area contributed by atoms with Crippen molar-refractivity contribution in [3.8, 4) is 0 Å². The van der Waals surface area contributed by atoms with E-state index in [1.165, 1.54) is 0 Å². The van der Waals surface area contributed by atoms with Gasteiger partial charge in [-0.2, -0.15) is 0 Å². The fraction of sp³-hybridized carbons (Fsp3) is 0.778. The second kappa shape index (κ2) is 5.17. The molecule has 72 valence electrons. The molecule has 3 heteroatoms. The maximum atomic E-state index is 5.84. The zero-order valence-corrected chi connectivity index (χ0v) is 8.09. The largest absolute Gasteiger partial charge is 0.401 e. The van der Waals surface area contributed by atoms with Gasteiger partial charge in [-0.25, -0.2) is 0 Å². The van der Waals surface area contributed by atoms with E-state index in [-0.39, 0.29) is 12.1 Å². The molecule has 0 aromatic heterocycles. The lowest BCUT2D eigenvalue weighted by atomic mass is 9.92. The quantitative estimate of drug-likeness (QED) is 0.565. The molecule has 0 heterocycles. The molecule has 0 radical (unpaired) electrons. The lowest BCUT2D eigenvalue weighted by molar-refractivity contribution is 0.397. The topological polar surface area (TPSA) is 78.1 Å². The van der Waals surface area contributed by atoms with Crippen LogP contribution in [0.4, 0.5) is 0 Å². The first-order chi connectivity index (χ1) is 5.49. The predicted octanol–water partition coefficient (Wildman–Crippen LogP) is 0.550. The fourth-order valence-corrected chi connectivity index (χ4v) is 1.13. The lowest BCUT2D eigenvalue weighted by Gasteiger charge is -2.21. The summed E-state index contributed by atoms with van der Waals surface area (Å²) in [5.41, 5.74) is 17.6. The lowest BCUT2D eigenvalue weighted by Crippen LogP contribution is -2.35. The summed E-state index contributed by atoms with van der Waals surface area (Å²) >= 11 is 0. The van der Waals surface area contributed by atoms with Gasteiger partial charge in [-0.3, -0.25) is 0 Å². The number of hydrogen-bond acceptors (Lipinski definition) is 3. The highest BCUT2D eigenvalue weighted by Crippen LogP contribution is 2.12. The van der Waals surface area contributed by atoms with E-state index >= 15 is 0 Å². The SMILES string of the molecule is C=C(N)C(N)CC(C)C(N)CC. The van der Waals surface area contributed by atoms with Crippen molar-refractivity contribution in [2.24, 2.45) is 23.1 Å². The molecule has 0 aromatic carbocycles. The molecule has 0 aliphatic carbocycles. The summed E-state index contributed by atoms with van der Waals surface area (Å²) in [6, 6.07) is 0.105. The van der Waals surface area contributed by atoms with Gasteiger partial charge < -0.3 is 17.2 Å². The summed E-state index contributed by atoms with van der Waals surface area (Å²) in [6.07, 6.45) is 1.80. The molecule has 0 spiro atoms. The van der Waals surface area contributed by atoms with Crippen LogP contribution >= 0.6 is 0 Å². The van der Waals surface area contributed by atoms with Crippen LogP contribution in [0.2, 0.25) is 0 Å². The van der Waals surface area contributed by atoms with Gasteiger partial charge in [0, 0.05) is 17.8 Å². The molecule has 0 saturated heterocycles. The number of nitrogens with two attached hydrogens (primary N) is 3. The Labute approximate surface area is 75.0 Å². The van der Waals surface area contributed by atoms with E-state index in [1.807, 2.05) is 0 Å². The molecule has 0 saturated carbocycles. The van der Waals surface area contributed by atoms with Gasteiger partial charge in [0.25, 0.3) is 0 Å². The Morgan fingerprint density at radius 1 is 1.42 bits per heavy atom.